The first-order valence-corrected chi connectivity index (χ1v) is 13.4. The van der Waals surface area contributed by atoms with E-state index in [1.807, 2.05) is 0 Å². The summed E-state index contributed by atoms with van der Waals surface area (Å²) in [5.41, 5.74) is 2.12. The van der Waals surface area contributed by atoms with Gasteiger partial charge in [0.1, 0.15) is 12.2 Å². The van der Waals surface area contributed by atoms with E-state index < -0.39 is 23.9 Å². The van der Waals surface area contributed by atoms with Gasteiger partial charge in [-0.2, -0.15) is 5.10 Å². The van der Waals surface area contributed by atoms with Crippen LogP contribution in [0.2, 0.25) is 5.02 Å². The molecule has 1 aliphatic heterocycles. The third-order valence-corrected chi connectivity index (χ3v) is 6.73. The highest BCUT2D eigenvalue weighted by atomic mass is 35.5. The van der Waals surface area contributed by atoms with Gasteiger partial charge in [-0.25, -0.2) is 20.0 Å². The molecule has 1 aliphatic rings. The summed E-state index contributed by atoms with van der Waals surface area (Å²) in [5.74, 6) is 4.91. The first-order valence-electron chi connectivity index (χ1n) is 13.0. The molecule has 6 N–H and O–H groups in total. The molecule has 0 aliphatic carbocycles. The fraction of sp³-hybridized carbons (Fsp3) is 0.214. The van der Waals surface area contributed by atoms with Crippen molar-refractivity contribution in [3.63, 3.8) is 0 Å². The predicted octanol–water partition coefficient (Wildman–Crippen LogP) is 4.75. The largest absolute Gasteiger partial charge is 0.453 e. The molecule has 3 aromatic rings. The first-order chi connectivity index (χ1) is 20.7. The van der Waals surface area contributed by atoms with E-state index in [0.717, 1.165) is 17.4 Å². The maximum absolute atomic E-state index is 14.9. The van der Waals surface area contributed by atoms with Gasteiger partial charge in [-0.15, -0.1) is 5.10 Å². The van der Waals surface area contributed by atoms with E-state index >= 15 is 0 Å². The number of rotatable bonds is 7. The summed E-state index contributed by atoms with van der Waals surface area (Å²) in [5, 5.41) is 16.1. The Kier molecular flexibility index (Phi) is 10.2. The number of aromatic nitrogens is 2. The number of aromatic amines is 1. The highest BCUT2D eigenvalue weighted by Crippen LogP contribution is 2.32. The zero-order chi connectivity index (χ0) is 30.9. The van der Waals surface area contributed by atoms with Crippen LogP contribution >= 0.6 is 11.6 Å². The van der Waals surface area contributed by atoms with Gasteiger partial charge in [0.25, 0.3) is 0 Å². The smallest absolute Gasteiger partial charge is 0.411 e. The van der Waals surface area contributed by atoms with Crippen LogP contribution in [0.15, 0.2) is 52.8 Å². The van der Waals surface area contributed by atoms with Gasteiger partial charge in [0.15, 0.2) is 5.82 Å². The number of halogens is 2. The molecule has 4 rings (SSSR count). The number of nitrogens with zero attached hydrogens (tertiary/aromatic N) is 4. The van der Waals surface area contributed by atoms with E-state index in [1.54, 1.807) is 24.4 Å². The first kappa shape index (κ1) is 30.9. The lowest BCUT2D eigenvalue weighted by atomic mass is 10.1. The summed E-state index contributed by atoms with van der Waals surface area (Å²) in [6.07, 6.45) is 6.41. The summed E-state index contributed by atoms with van der Waals surface area (Å²) in [6.45, 7) is 3.23. The van der Waals surface area contributed by atoms with Crippen molar-refractivity contribution < 1.29 is 23.5 Å². The van der Waals surface area contributed by atoms with Crippen molar-refractivity contribution in [3.8, 4) is 11.3 Å². The van der Waals surface area contributed by atoms with Crippen molar-refractivity contribution >= 4 is 65.7 Å². The Morgan fingerprint density at radius 3 is 2.88 bits per heavy atom. The maximum Gasteiger partial charge on any atom is 0.411 e. The van der Waals surface area contributed by atoms with E-state index in [1.165, 1.54) is 25.3 Å². The number of anilines is 3. The number of amides is 3. The van der Waals surface area contributed by atoms with Crippen LogP contribution in [0.5, 0.6) is 0 Å². The number of benzene rings is 2. The number of carbonyl (C=O) groups excluding carboxylic acids is 3. The Hall–Kier alpha value is -5.08. The SMILES string of the molecule is C=N/N=C\N(N)c1ccc(Cl)c(F)c1/C=C/C(=O)N[C@H]1CCCCC(=O)Nc2cc(NC(=O)OC)ccc2-c2c[nH]c1n2. The van der Waals surface area contributed by atoms with Crippen molar-refractivity contribution in [2.45, 2.75) is 31.7 Å². The quantitative estimate of drug-likeness (QED) is 0.0842. The number of imidazole rings is 1. The van der Waals surface area contributed by atoms with Crippen molar-refractivity contribution in [3.05, 3.63) is 64.8 Å². The maximum atomic E-state index is 14.9. The normalized spacial score (nSPS) is 15.2. The molecule has 43 heavy (non-hydrogen) atoms. The Bertz CT molecular complexity index is 1590. The van der Waals surface area contributed by atoms with E-state index in [2.05, 4.69) is 47.6 Å². The second-order valence-electron chi connectivity index (χ2n) is 9.31. The molecule has 0 spiro atoms. The van der Waals surface area contributed by atoms with Crippen LogP contribution in [0.3, 0.4) is 0 Å². The lowest BCUT2D eigenvalue weighted by Crippen LogP contribution is -2.30. The molecule has 13 nitrogen and oxygen atoms in total. The molecule has 0 saturated heterocycles. The predicted molar refractivity (Wildman–Crippen MR) is 163 cm³/mol. The van der Waals surface area contributed by atoms with Gasteiger partial charge in [-0.05, 0) is 49.2 Å². The average Bonchev–Trinajstić information content (AvgIpc) is 3.47. The van der Waals surface area contributed by atoms with Gasteiger partial charge in [0.2, 0.25) is 11.8 Å². The molecule has 2 heterocycles. The molecule has 15 heteroatoms. The third kappa shape index (κ3) is 7.81. The molecule has 2 bridgehead atoms. The minimum absolute atomic E-state index is 0.0386. The molecule has 0 saturated carbocycles. The van der Waals surface area contributed by atoms with Crippen LogP contribution < -0.4 is 26.8 Å². The zero-order valence-electron chi connectivity index (χ0n) is 23.1. The van der Waals surface area contributed by atoms with Crippen molar-refractivity contribution in [1.29, 1.82) is 0 Å². The average molecular weight is 610 g/mol. The molecular weight excluding hydrogens is 581 g/mol. The van der Waals surface area contributed by atoms with Crippen LogP contribution in [0, 0.1) is 5.82 Å². The number of nitrogens with one attached hydrogen (secondary N) is 4. The van der Waals surface area contributed by atoms with Crippen molar-refractivity contribution in [2.75, 3.05) is 22.8 Å². The highest BCUT2D eigenvalue weighted by Gasteiger charge is 2.21. The van der Waals surface area contributed by atoms with Crippen molar-refractivity contribution in [1.82, 2.24) is 15.3 Å². The lowest BCUT2D eigenvalue weighted by Gasteiger charge is -2.18. The number of methoxy groups -OCH3 is 1. The Morgan fingerprint density at radius 1 is 1.30 bits per heavy atom. The van der Waals surface area contributed by atoms with E-state index in [9.17, 15) is 18.8 Å². The topological polar surface area (TPSA) is 179 Å². The number of carbonyl (C=O) groups is 3. The molecule has 0 fully saturated rings. The van der Waals surface area contributed by atoms with Gasteiger partial charge in [-0.1, -0.05) is 18.0 Å². The monoisotopic (exact) mass is 609 g/mol. The second kappa shape index (κ2) is 14.2. The molecule has 1 atom stereocenters. The van der Waals surface area contributed by atoms with Crippen LogP contribution in [-0.2, 0) is 14.3 Å². The summed E-state index contributed by atoms with van der Waals surface area (Å²) in [6, 6.07) is 7.22. The van der Waals surface area contributed by atoms with Crippen LogP contribution in [0.1, 0.15) is 43.1 Å². The van der Waals surface area contributed by atoms with Gasteiger partial charge >= 0.3 is 6.09 Å². The zero-order valence-corrected chi connectivity index (χ0v) is 23.8. The summed E-state index contributed by atoms with van der Waals surface area (Å²) < 4.78 is 19.6. The minimum Gasteiger partial charge on any atom is -0.453 e. The van der Waals surface area contributed by atoms with Gasteiger partial charge in [-0.3, -0.25) is 19.9 Å². The number of H-pyrrole nitrogens is 1. The molecule has 3 amide bonds. The Labute approximate surface area is 251 Å². The Balaban J connectivity index is 1.60. The van der Waals surface area contributed by atoms with E-state index in [0.29, 0.717) is 47.7 Å². The Morgan fingerprint density at radius 2 is 2.12 bits per heavy atom. The number of fused-ring (bicyclic) bond motifs is 4. The fourth-order valence-corrected chi connectivity index (χ4v) is 4.53. The third-order valence-electron chi connectivity index (χ3n) is 6.44. The fourth-order valence-electron chi connectivity index (χ4n) is 4.37. The summed E-state index contributed by atoms with van der Waals surface area (Å²) >= 11 is 5.97. The summed E-state index contributed by atoms with van der Waals surface area (Å²) in [4.78, 5) is 45.2. The molecule has 2 aromatic carbocycles. The van der Waals surface area contributed by atoms with Crippen molar-refractivity contribution in [2.24, 2.45) is 16.0 Å². The summed E-state index contributed by atoms with van der Waals surface area (Å²) in [7, 11) is 1.25. The van der Waals surface area contributed by atoms with Crippen LogP contribution in [0.25, 0.3) is 17.3 Å². The van der Waals surface area contributed by atoms with Crippen LogP contribution in [-0.4, -0.2) is 48.0 Å². The molecular formula is C28H29ClFN9O4. The molecule has 1 aromatic heterocycles. The number of hydrogen-bond acceptors (Lipinski definition) is 8. The van der Waals surface area contributed by atoms with E-state index in [-0.39, 0.29) is 28.6 Å². The highest BCUT2D eigenvalue weighted by molar-refractivity contribution is 6.31. The number of nitrogens with two attached hydrogens (primary N) is 1. The van der Waals surface area contributed by atoms with E-state index in [4.69, 9.17) is 17.4 Å². The molecule has 224 valence electrons. The standard InChI is InChI=1S/C28H29ClFN9O4/c1-32-34-15-39(31)23-11-10-19(29)26(30)18(23)9-12-25(41)36-20-5-3-4-6-24(40)37-21-13-16(35-28(42)43-2)7-8-17(21)22-14-33-27(20)38-22/h7-15,20H,1,3-6,31H2,2H3,(H,33,38)(H,35,42)(H,36,41)(H,37,40)/b12-9+,34-15-/t20-/m0/s1. The van der Waals surface area contributed by atoms with Crippen LogP contribution in [0.4, 0.5) is 26.2 Å². The number of hydrazine groups is 1. The minimum atomic E-state index is -0.776. The number of ether oxygens (including phenoxy) is 1. The molecule has 0 radical (unpaired) electrons. The number of hydrogen-bond donors (Lipinski definition) is 5. The lowest BCUT2D eigenvalue weighted by molar-refractivity contribution is -0.118. The second-order valence-corrected chi connectivity index (χ2v) is 9.72. The van der Waals surface area contributed by atoms with Gasteiger partial charge in [0.05, 0.1) is 35.2 Å². The van der Waals surface area contributed by atoms with Gasteiger partial charge < -0.3 is 20.4 Å². The van der Waals surface area contributed by atoms with Gasteiger partial charge in [0, 0.05) is 42.2 Å². The molecule has 0 unspecified atom stereocenters.